The van der Waals surface area contributed by atoms with Crippen LogP contribution in [0, 0.1) is 5.92 Å². The lowest BCUT2D eigenvalue weighted by Crippen LogP contribution is -2.52. The van der Waals surface area contributed by atoms with E-state index in [4.69, 9.17) is 4.74 Å². The van der Waals surface area contributed by atoms with Gasteiger partial charge in [0.15, 0.2) is 0 Å². The Labute approximate surface area is 226 Å². The van der Waals surface area contributed by atoms with Crippen LogP contribution in [-0.4, -0.2) is 73.2 Å². The van der Waals surface area contributed by atoms with Gasteiger partial charge >= 0.3 is 17.6 Å². The Morgan fingerprint density at radius 1 is 1.21 bits per heavy atom. The number of rotatable bonds is 7. The second kappa shape index (κ2) is 12.3. The Kier molecular flexibility index (Phi) is 9.76. The summed E-state index contributed by atoms with van der Waals surface area (Å²) in [5.74, 6) is -0.0131. The third kappa shape index (κ3) is 7.98. The van der Waals surface area contributed by atoms with Gasteiger partial charge in [-0.15, -0.1) is 0 Å². The highest BCUT2D eigenvalue weighted by Crippen LogP contribution is 2.38. The van der Waals surface area contributed by atoms with E-state index in [1.165, 1.54) is 12.0 Å². The summed E-state index contributed by atoms with van der Waals surface area (Å²) in [6.07, 6.45) is -7.32. The van der Waals surface area contributed by atoms with Crippen molar-refractivity contribution >= 4 is 28.7 Å². The predicted molar refractivity (Wildman–Crippen MR) is 135 cm³/mol. The lowest BCUT2D eigenvalue weighted by molar-refractivity contribution is -0.143. The van der Waals surface area contributed by atoms with Gasteiger partial charge in [-0.2, -0.15) is 31.3 Å². The molecule has 1 aromatic rings. The summed E-state index contributed by atoms with van der Waals surface area (Å²) in [5, 5.41) is 2.58. The van der Waals surface area contributed by atoms with Gasteiger partial charge in [0.1, 0.15) is 11.9 Å². The van der Waals surface area contributed by atoms with E-state index in [2.05, 4.69) is 10.3 Å². The van der Waals surface area contributed by atoms with Crippen molar-refractivity contribution in [3.8, 4) is 0 Å². The number of nitrogens with zero attached hydrogens (tertiary/aromatic N) is 3. The van der Waals surface area contributed by atoms with Crippen molar-refractivity contribution in [2.24, 2.45) is 10.9 Å². The van der Waals surface area contributed by atoms with Crippen molar-refractivity contribution in [3.05, 3.63) is 45.9 Å². The number of ether oxygens (including phenoxy) is 1. The van der Waals surface area contributed by atoms with Gasteiger partial charge in [0.25, 0.3) is 0 Å². The molecule has 0 saturated carbocycles. The van der Waals surface area contributed by atoms with Gasteiger partial charge < -0.3 is 15.0 Å². The summed E-state index contributed by atoms with van der Waals surface area (Å²) in [5.41, 5.74) is -2.85. The summed E-state index contributed by atoms with van der Waals surface area (Å²) >= 11 is 0.920. The second-order valence-corrected chi connectivity index (χ2v) is 10.6. The zero-order valence-corrected chi connectivity index (χ0v) is 22.6. The zero-order valence-electron chi connectivity index (χ0n) is 21.8. The number of nitrogens with one attached hydrogen (secondary N) is 1. The number of hydrogen-bond acceptors (Lipinski definition) is 6. The number of aliphatic imine (C=N–C) groups is 1. The largest absolute Gasteiger partial charge is 0.416 e. The summed E-state index contributed by atoms with van der Waals surface area (Å²) < 4.78 is 84.8. The molecule has 1 saturated heterocycles. The van der Waals surface area contributed by atoms with E-state index in [-0.39, 0.29) is 35.8 Å². The minimum atomic E-state index is -4.92. The molecule has 7 nitrogen and oxygen atoms in total. The standard InChI is InChI=1S/C25H30F6N4O3S/c1-14(38-4)20(22(36)34(2)3)32-21-19(39-23(37)33-21)11-15-7-9-35(10-8-15)13-16-5-6-17(24(26,27)28)12-18(16)25(29,30)31/h5-6,11-12,14-15,20H,7-10,13H2,1-4H3,(H,32,33,37)/b19-11-/t14?,20-/m0/s1. The normalized spacial score (nSPS) is 20.2. The van der Waals surface area contributed by atoms with Crippen molar-refractivity contribution in [1.82, 2.24) is 15.1 Å². The first-order chi connectivity index (χ1) is 18.1. The maximum atomic E-state index is 13.5. The van der Waals surface area contributed by atoms with Crippen LogP contribution in [0.15, 0.2) is 34.2 Å². The van der Waals surface area contributed by atoms with Crippen molar-refractivity contribution < 1.29 is 40.7 Å². The van der Waals surface area contributed by atoms with E-state index < -0.39 is 40.9 Å². The highest BCUT2D eigenvalue weighted by Gasteiger charge is 2.38. The molecular weight excluding hydrogens is 550 g/mol. The molecule has 216 valence electrons. The minimum Gasteiger partial charge on any atom is -0.379 e. The Morgan fingerprint density at radius 3 is 2.38 bits per heavy atom. The fourth-order valence-corrected chi connectivity index (χ4v) is 5.14. The average Bonchev–Trinajstić information content (AvgIpc) is 3.19. The quantitative estimate of drug-likeness (QED) is 0.449. The van der Waals surface area contributed by atoms with E-state index in [1.807, 2.05) is 6.08 Å². The molecule has 1 N–H and O–H groups in total. The lowest BCUT2D eigenvalue weighted by atomic mass is 9.95. The number of benzene rings is 1. The van der Waals surface area contributed by atoms with Crippen LogP contribution in [0.2, 0.25) is 0 Å². The van der Waals surface area contributed by atoms with Gasteiger partial charge in [-0.3, -0.25) is 14.5 Å². The summed E-state index contributed by atoms with van der Waals surface area (Å²) in [6, 6.07) is 0.935. The Balaban J connectivity index is 1.69. The molecule has 3 rings (SSSR count). The molecule has 0 aromatic heterocycles. The maximum absolute atomic E-state index is 13.5. The smallest absolute Gasteiger partial charge is 0.379 e. The fourth-order valence-electron chi connectivity index (χ4n) is 4.36. The zero-order chi connectivity index (χ0) is 29.1. The average molecular weight is 581 g/mol. The number of amides is 2. The topological polar surface area (TPSA) is 74.2 Å². The number of methoxy groups -OCH3 is 1. The van der Waals surface area contributed by atoms with E-state index >= 15 is 0 Å². The number of carbonyl (C=O) groups is 2. The van der Waals surface area contributed by atoms with Crippen molar-refractivity contribution in [3.63, 3.8) is 0 Å². The van der Waals surface area contributed by atoms with E-state index in [1.54, 1.807) is 25.9 Å². The van der Waals surface area contributed by atoms with Crippen LogP contribution in [0.25, 0.3) is 0 Å². The number of carbonyl (C=O) groups excluding carboxylic acids is 2. The van der Waals surface area contributed by atoms with Crippen LogP contribution in [0.4, 0.5) is 31.1 Å². The number of hydrogen-bond donors (Lipinski definition) is 1. The molecule has 2 aliphatic heterocycles. The Hall–Kier alpha value is -2.58. The summed E-state index contributed by atoms with van der Waals surface area (Å²) in [7, 11) is 4.66. The monoisotopic (exact) mass is 580 g/mol. The molecule has 2 aliphatic rings. The molecule has 2 amide bonds. The Bertz CT molecular complexity index is 1130. The molecule has 2 atom stereocenters. The summed E-state index contributed by atoms with van der Waals surface area (Å²) in [4.78, 5) is 32.4. The number of thioether (sulfide) groups is 1. The summed E-state index contributed by atoms with van der Waals surface area (Å²) in [6.45, 7) is 2.39. The highest BCUT2D eigenvalue weighted by atomic mass is 32.2. The van der Waals surface area contributed by atoms with Gasteiger partial charge in [-0.25, -0.2) is 0 Å². The van der Waals surface area contributed by atoms with Gasteiger partial charge in [-0.05, 0) is 68.2 Å². The van der Waals surface area contributed by atoms with E-state index in [0.29, 0.717) is 36.9 Å². The molecule has 14 heteroatoms. The van der Waals surface area contributed by atoms with E-state index in [0.717, 1.165) is 17.8 Å². The highest BCUT2D eigenvalue weighted by molar-refractivity contribution is 8.18. The number of likely N-dealkylation sites (N-methyl/N-ethyl adjacent to an activating group) is 1. The SMILES string of the molecule is COC(C)[C@H](NC1=NC(=O)S/C1=C\C1CCN(Cc2ccc(C(F)(F)F)cc2C(F)(F)F)CC1)C(=O)N(C)C. The molecule has 1 fully saturated rings. The molecular formula is C25H30F6N4O3S. The van der Waals surface area contributed by atoms with Crippen molar-refractivity contribution in [2.45, 2.75) is 50.8 Å². The van der Waals surface area contributed by atoms with Gasteiger partial charge in [0.2, 0.25) is 5.91 Å². The van der Waals surface area contributed by atoms with Crippen LogP contribution in [-0.2, 0) is 28.4 Å². The van der Waals surface area contributed by atoms with Crippen LogP contribution >= 0.6 is 11.8 Å². The molecule has 0 bridgehead atoms. The predicted octanol–water partition coefficient (Wildman–Crippen LogP) is 5.17. The fraction of sp³-hybridized carbons (Fsp3) is 0.560. The molecule has 1 unspecified atom stereocenters. The Morgan fingerprint density at radius 2 is 1.85 bits per heavy atom. The molecule has 2 heterocycles. The van der Waals surface area contributed by atoms with Crippen LogP contribution < -0.4 is 5.32 Å². The van der Waals surface area contributed by atoms with Crippen molar-refractivity contribution in [1.29, 1.82) is 0 Å². The van der Waals surface area contributed by atoms with Crippen molar-refractivity contribution in [2.75, 3.05) is 34.3 Å². The number of amidine groups is 1. The number of piperidine rings is 1. The first kappa shape index (κ1) is 31.0. The molecule has 0 aliphatic carbocycles. The molecule has 39 heavy (non-hydrogen) atoms. The minimum absolute atomic E-state index is 0.0146. The number of allylic oxidation sites excluding steroid dienone is 1. The van der Waals surface area contributed by atoms with Crippen LogP contribution in [0.3, 0.4) is 0 Å². The lowest BCUT2D eigenvalue weighted by Gasteiger charge is -2.32. The van der Waals surface area contributed by atoms with Crippen LogP contribution in [0.1, 0.15) is 36.5 Å². The number of likely N-dealkylation sites (tertiary alicyclic amines) is 1. The second-order valence-electron chi connectivity index (χ2n) is 9.64. The molecule has 0 spiro atoms. The molecule has 0 radical (unpaired) electrons. The third-order valence-corrected chi connectivity index (χ3v) is 7.45. The van der Waals surface area contributed by atoms with Gasteiger partial charge in [-0.1, -0.05) is 12.1 Å². The van der Waals surface area contributed by atoms with Gasteiger partial charge in [0, 0.05) is 27.7 Å². The number of alkyl halides is 6. The van der Waals surface area contributed by atoms with Gasteiger partial charge in [0.05, 0.1) is 22.1 Å². The third-order valence-electron chi connectivity index (χ3n) is 6.63. The maximum Gasteiger partial charge on any atom is 0.416 e. The molecule has 1 aromatic carbocycles. The van der Waals surface area contributed by atoms with E-state index in [9.17, 15) is 35.9 Å². The first-order valence-electron chi connectivity index (χ1n) is 12.1. The number of halogens is 6. The van der Waals surface area contributed by atoms with Crippen LogP contribution in [0.5, 0.6) is 0 Å². The first-order valence-corrected chi connectivity index (χ1v) is 12.9.